The number of halogens is 5. The Morgan fingerprint density at radius 2 is 1.88 bits per heavy atom. The molecular formula is C27H23Cl2F3N4O5. The first-order valence-corrected chi connectivity index (χ1v) is 13.3. The Morgan fingerprint density at radius 3 is 2.51 bits per heavy atom. The Kier molecular flexibility index (Phi) is 7.64. The molecule has 3 atom stereocenters. The van der Waals surface area contributed by atoms with Crippen LogP contribution in [0.5, 0.6) is 5.75 Å². The Balaban J connectivity index is 1.50. The molecule has 2 aromatic carbocycles. The number of nitrogens with zero attached hydrogens (tertiary/aromatic N) is 4. The van der Waals surface area contributed by atoms with Gasteiger partial charge in [0.1, 0.15) is 5.69 Å². The molecule has 0 spiro atoms. The van der Waals surface area contributed by atoms with Crippen molar-refractivity contribution >= 4 is 41.0 Å². The molecule has 2 amide bonds. The maximum atomic E-state index is 14.5. The highest BCUT2D eigenvalue weighted by Gasteiger charge is 2.43. The Hall–Kier alpha value is -3.77. The summed E-state index contributed by atoms with van der Waals surface area (Å²) in [4.78, 5) is 42.4. The highest BCUT2D eigenvalue weighted by Crippen LogP contribution is 2.36. The fourth-order valence-corrected chi connectivity index (χ4v) is 5.53. The van der Waals surface area contributed by atoms with Crippen molar-refractivity contribution in [2.75, 3.05) is 6.54 Å². The summed E-state index contributed by atoms with van der Waals surface area (Å²) < 4.78 is 44.9. The molecule has 41 heavy (non-hydrogen) atoms. The maximum absolute atomic E-state index is 14.5. The summed E-state index contributed by atoms with van der Waals surface area (Å²) in [5.41, 5.74) is 1.47. The van der Waals surface area contributed by atoms with Crippen molar-refractivity contribution in [3.05, 3.63) is 80.3 Å². The second-order valence-electron chi connectivity index (χ2n) is 9.89. The summed E-state index contributed by atoms with van der Waals surface area (Å²) in [6, 6.07) is 5.40. The lowest BCUT2D eigenvalue weighted by Crippen LogP contribution is -2.47. The molecule has 14 heteroatoms. The number of aliphatic carboxylic acids is 1. The van der Waals surface area contributed by atoms with Crippen molar-refractivity contribution in [3.8, 4) is 5.75 Å². The van der Waals surface area contributed by atoms with E-state index in [4.69, 9.17) is 23.2 Å². The van der Waals surface area contributed by atoms with Gasteiger partial charge in [-0.3, -0.25) is 9.59 Å². The third kappa shape index (κ3) is 5.21. The van der Waals surface area contributed by atoms with Gasteiger partial charge in [-0.1, -0.05) is 29.3 Å². The number of carboxylic acids is 1. The normalized spacial score (nSPS) is 19.2. The number of carbonyl (C=O) groups excluding carboxylic acids is 2. The summed E-state index contributed by atoms with van der Waals surface area (Å²) in [7, 11) is 0. The SMILES string of the molecule is CC(c1ccc(OC(F)F)c(F)c1)N1C[C@@H](C(=O)O)n2nc3c(c2C1=O)CN(C(=O)c1ccc(Cl)c(Cl)c1)[C@H](C)C3. The number of carbonyl (C=O) groups is 3. The Bertz CT molecular complexity index is 1570. The fourth-order valence-electron chi connectivity index (χ4n) is 5.23. The molecule has 1 N–H and O–H groups in total. The Morgan fingerprint density at radius 1 is 1.15 bits per heavy atom. The number of alkyl halides is 2. The number of hydrogen-bond donors (Lipinski definition) is 1. The lowest BCUT2D eigenvalue weighted by Gasteiger charge is -2.37. The Labute approximate surface area is 242 Å². The van der Waals surface area contributed by atoms with Gasteiger partial charge in [0.25, 0.3) is 11.8 Å². The molecule has 3 heterocycles. The molecule has 9 nitrogen and oxygen atoms in total. The average molecular weight is 611 g/mol. The molecule has 0 bridgehead atoms. The van der Waals surface area contributed by atoms with Crippen molar-refractivity contribution in [1.29, 1.82) is 0 Å². The first kappa shape index (κ1) is 28.7. The van der Waals surface area contributed by atoms with E-state index in [1.807, 2.05) is 6.92 Å². The van der Waals surface area contributed by atoms with E-state index in [1.54, 1.807) is 11.8 Å². The van der Waals surface area contributed by atoms with E-state index in [9.17, 15) is 32.7 Å². The first-order chi connectivity index (χ1) is 19.4. The number of aromatic nitrogens is 2. The smallest absolute Gasteiger partial charge is 0.387 e. The van der Waals surface area contributed by atoms with E-state index in [-0.39, 0.29) is 47.7 Å². The lowest BCUT2D eigenvalue weighted by atomic mass is 9.96. The van der Waals surface area contributed by atoms with Crippen LogP contribution in [0.3, 0.4) is 0 Å². The molecule has 0 saturated heterocycles. The number of hydrogen-bond acceptors (Lipinski definition) is 5. The summed E-state index contributed by atoms with van der Waals surface area (Å²) >= 11 is 12.1. The summed E-state index contributed by atoms with van der Waals surface area (Å²) in [5.74, 6) is -3.86. The van der Waals surface area contributed by atoms with Crippen LogP contribution in [-0.4, -0.2) is 61.7 Å². The average Bonchev–Trinajstić information content (AvgIpc) is 3.28. The number of benzene rings is 2. The predicted octanol–water partition coefficient (Wildman–Crippen LogP) is 5.36. The lowest BCUT2D eigenvalue weighted by molar-refractivity contribution is -0.142. The van der Waals surface area contributed by atoms with Crippen LogP contribution in [0.2, 0.25) is 10.0 Å². The predicted molar refractivity (Wildman–Crippen MR) is 141 cm³/mol. The van der Waals surface area contributed by atoms with Crippen LogP contribution in [0, 0.1) is 5.82 Å². The summed E-state index contributed by atoms with van der Waals surface area (Å²) in [5, 5.41) is 15.0. The van der Waals surface area contributed by atoms with Crippen LogP contribution in [0.15, 0.2) is 36.4 Å². The van der Waals surface area contributed by atoms with E-state index < -0.39 is 42.1 Å². The van der Waals surface area contributed by atoms with Gasteiger partial charge in [-0.15, -0.1) is 0 Å². The zero-order valence-electron chi connectivity index (χ0n) is 21.7. The molecule has 0 radical (unpaired) electrons. The molecule has 0 aliphatic carbocycles. The quantitative estimate of drug-likeness (QED) is 0.403. The van der Waals surface area contributed by atoms with E-state index in [0.29, 0.717) is 21.8 Å². The fraction of sp³-hybridized carbons (Fsp3) is 0.333. The molecule has 0 fully saturated rings. The van der Waals surface area contributed by atoms with Gasteiger partial charge in [0.15, 0.2) is 17.6 Å². The van der Waals surface area contributed by atoms with Gasteiger partial charge >= 0.3 is 12.6 Å². The van der Waals surface area contributed by atoms with Gasteiger partial charge in [-0.2, -0.15) is 13.9 Å². The largest absolute Gasteiger partial charge is 0.480 e. The molecular weight excluding hydrogens is 588 g/mol. The number of carboxylic acid groups (broad SMARTS) is 1. The van der Waals surface area contributed by atoms with Crippen LogP contribution in [0.4, 0.5) is 13.2 Å². The third-order valence-corrected chi connectivity index (χ3v) is 8.14. The molecule has 3 aromatic rings. The van der Waals surface area contributed by atoms with Crippen LogP contribution in [0.25, 0.3) is 0 Å². The standard InChI is InChI=1S/C27H23Cl2F3N4O5/c1-12-7-20-16(10-34(12)24(37)15-3-5-17(28)18(29)8-15)23-25(38)35(11-21(26(39)40)36(23)33-20)13(2)14-4-6-22(19(30)9-14)41-27(31)32/h3-6,8-9,12-13,21,27H,7,10-11H2,1-2H3,(H,39,40)/t12-,13?,21+/m1/s1. The second kappa shape index (κ2) is 10.9. The maximum Gasteiger partial charge on any atom is 0.387 e. The van der Waals surface area contributed by atoms with E-state index in [0.717, 1.165) is 12.1 Å². The minimum Gasteiger partial charge on any atom is -0.480 e. The monoisotopic (exact) mass is 610 g/mol. The highest BCUT2D eigenvalue weighted by atomic mass is 35.5. The topological polar surface area (TPSA) is 105 Å². The molecule has 5 rings (SSSR count). The van der Waals surface area contributed by atoms with Crippen molar-refractivity contribution < 1.29 is 37.4 Å². The van der Waals surface area contributed by atoms with Crippen molar-refractivity contribution in [2.24, 2.45) is 0 Å². The zero-order valence-corrected chi connectivity index (χ0v) is 23.2. The first-order valence-electron chi connectivity index (χ1n) is 12.5. The summed E-state index contributed by atoms with van der Waals surface area (Å²) in [6.45, 7) is -0.122. The molecule has 2 aliphatic rings. The zero-order chi connectivity index (χ0) is 29.7. The molecule has 1 aromatic heterocycles. The number of amides is 2. The number of rotatable bonds is 6. The summed E-state index contributed by atoms with van der Waals surface area (Å²) in [6.07, 6.45) is 0.272. The van der Waals surface area contributed by atoms with Gasteiger partial charge < -0.3 is 19.6 Å². The van der Waals surface area contributed by atoms with Gasteiger partial charge in [0.05, 0.1) is 34.9 Å². The van der Waals surface area contributed by atoms with E-state index in [1.165, 1.54) is 33.8 Å². The van der Waals surface area contributed by atoms with E-state index >= 15 is 0 Å². The van der Waals surface area contributed by atoms with Crippen molar-refractivity contribution in [2.45, 2.75) is 51.6 Å². The van der Waals surface area contributed by atoms with Gasteiger partial charge in [-0.05, 0) is 49.7 Å². The van der Waals surface area contributed by atoms with Crippen LogP contribution >= 0.6 is 23.2 Å². The second-order valence-corrected chi connectivity index (χ2v) is 10.7. The number of fused-ring (bicyclic) bond motifs is 3. The minimum atomic E-state index is -3.22. The van der Waals surface area contributed by atoms with E-state index in [2.05, 4.69) is 9.84 Å². The van der Waals surface area contributed by atoms with Crippen LogP contribution in [0.1, 0.15) is 63.6 Å². The van der Waals surface area contributed by atoms with Gasteiger partial charge in [0, 0.05) is 23.6 Å². The van der Waals surface area contributed by atoms with Crippen molar-refractivity contribution in [3.63, 3.8) is 0 Å². The molecule has 2 aliphatic heterocycles. The van der Waals surface area contributed by atoms with Crippen LogP contribution < -0.4 is 4.74 Å². The van der Waals surface area contributed by atoms with Gasteiger partial charge in [0.2, 0.25) is 0 Å². The number of ether oxygens (including phenoxy) is 1. The van der Waals surface area contributed by atoms with Crippen LogP contribution in [-0.2, 0) is 17.8 Å². The minimum absolute atomic E-state index is 0.0144. The molecule has 1 unspecified atom stereocenters. The van der Waals surface area contributed by atoms with Gasteiger partial charge in [-0.25, -0.2) is 13.9 Å². The van der Waals surface area contributed by atoms with Crippen molar-refractivity contribution in [1.82, 2.24) is 19.6 Å². The highest BCUT2D eigenvalue weighted by molar-refractivity contribution is 6.42. The molecule has 216 valence electrons. The third-order valence-electron chi connectivity index (χ3n) is 7.40. The molecule has 0 saturated carbocycles.